The number of nitrogens with zero attached hydrogens (tertiary/aromatic N) is 4. The maximum absolute atomic E-state index is 12.4. The van der Waals surface area contributed by atoms with Crippen LogP contribution in [0.15, 0.2) is 4.99 Å². The number of guanidine groups is 1. The van der Waals surface area contributed by atoms with Crippen LogP contribution < -0.4 is 5.32 Å². The topological polar surface area (TPSA) is 60.4 Å². The molecular weight excluding hydrogens is 457 g/mol. The lowest BCUT2D eigenvalue weighted by Gasteiger charge is -2.36. The SMILES string of the molecule is CCNC(=NCC(C(C)C)N1CCOCC1)N(C)CC(=O)N(CC)CC.I. The van der Waals surface area contributed by atoms with Gasteiger partial charge in [0.05, 0.1) is 26.3 Å². The molecule has 1 atom stereocenters. The van der Waals surface area contributed by atoms with E-state index in [0.29, 0.717) is 18.5 Å². The number of amides is 1. The van der Waals surface area contributed by atoms with Crippen molar-refractivity contribution in [2.75, 3.05) is 66.1 Å². The molecule has 160 valence electrons. The van der Waals surface area contributed by atoms with Gasteiger partial charge in [0.2, 0.25) is 5.91 Å². The summed E-state index contributed by atoms with van der Waals surface area (Å²) < 4.78 is 5.48. The van der Waals surface area contributed by atoms with Crippen LogP contribution in [0.5, 0.6) is 0 Å². The van der Waals surface area contributed by atoms with Gasteiger partial charge < -0.3 is 19.9 Å². The van der Waals surface area contributed by atoms with Crippen molar-refractivity contribution in [3.8, 4) is 0 Å². The van der Waals surface area contributed by atoms with Gasteiger partial charge in [0, 0.05) is 45.8 Å². The molecule has 0 radical (unpaired) electrons. The summed E-state index contributed by atoms with van der Waals surface area (Å²) in [6.07, 6.45) is 0. The van der Waals surface area contributed by atoms with E-state index >= 15 is 0 Å². The molecule has 1 N–H and O–H groups in total. The van der Waals surface area contributed by atoms with Crippen LogP contribution in [-0.4, -0.2) is 98.7 Å². The molecule has 1 heterocycles. The molecule has 1 amide bonds. The molecule has 1 aliphatic heterocycles. The van der Waals surface area contributed by atoms with Gasteiger partial charge in [-0.15, -0.1) is 24.0 Å². The monoisotopic (exact) mass is 497 g/mol. The van der Waals surface area contributed by atoms with Crippen LogP contribution in [0.2, 0.25) is 0 Å². The molecule has 7 nitrogen and oxygen atoms in total. The van der Waals surface area contributed by atoms with E-state index in [1.165, 1.54) is 0 Å². The summed E-state index contributed by atoms with van der Waals surface area (Å²) in [5.41, 5.74) is 0. The van der Waals surface area contributed by atoms with Crippen molar-refractivity contribution in [2.24, 2.45) is 10.9 Å². The highest BCUT2D eigenvalue weighted by atomic mass is 127. The van der Waals surface area contributed by atoms with Gasteiger partial charge in [0.25, 0.3) is 0 Å². The number of likely N-dealkylation sites (N-methyl/N-ethyl adjacent to an activating group) is 2. The predicted octanol–water partition coefficient (Wildman–Crippen LogP) is 1.73. The van der Waals surface area contributed by atoms with Gasteiger partial charge in [0.15, 0.2) is 5.96 Å². The molecule has 1 unspecified atom stereocenters. The quantitative estimate of drug-likeness (QED) is 0.299. The Labute approximate surface area is 182 Å². The molecule has 1 aliphatic rings. The van der Waals surface area contributed by atoms with Crippen LogP contribution in [-0.2, 0) is 9.53 Å². The predicted molar refractivity (Wildman–Crippen MR) is 123 cm³/mol. The number of carbonyl (C=O) groups is 1. The number of morpholine rings is 1. The first-order valence-corrected chi connectivity index (χ1v) is 10.0. The molecule has 0 bridgehead atoms. The van der Waals surface area contributed by atoms with Crippen molar-refractivity contribution in [2.45, 2.75) is 40.7 Å². The van der Waals surface area contributed by atoms with Crippen LogP contribution in [0.3, 0.4) is 0 Å². The number of ether oxygens (including phenoxy) is 1. The molecule has 8 heteroatoms. The van der Waals surface area contributed by atoms with E-state index in [4.69, 9.17) is 9.73 Å². The highest BCUT2D eigenvalue weighted by Crippen LogP contribution is 2.13. The highest BCUT2D eigenvalue weighted by molar-refractivity contribution is 14.0. The summed E-state index contributed by atoms with van der Waals surface area (Å²) in [5.74, 6) is 1.45. The van der Waals surface area contributed by atoms with Crippen LogP contribution in [0.1, 0.15) is 34.6 Å². The molecule has 0 saturated carbocycles. The van der Waals surface area contributed by atoms with Gasteiger partial charge in [-0.2, -0.15) is 0 Å². The molecule has 0 aliphatic carbocycles. The molecule has 1 saturated heterocycles. The zero-order chi connectivity index (χ0) is 19.5. The van der Waals surface area contributed by atoms with Gasteiger partial charge in [-0.3, -0.25) is 14.7 Å². The Morgan fingerprint density at radius 1 is 1.19 bits per heavy atom. The van der Waals surface area contributed by atoms with Crippen molar-refractivity contribution in [3.63, 3.8) is 0 Å². The fraction of sp³-hybridized carbons (Fsp3) is 0.895. The number of aliphatic imine (C=N–C) groups is 1. The number of hydrogen-bond donors (Lipinski definition) is 1. The molecule has 0 aromatic rings. The number of rotatable bonds is 9. The lowest BCUT2D eigenvalue weighted by molar-refractivity contribution is -0.131. The number of halogens is 1. The molecule has 1 fully saturated rings. The Hall–Kier alpha value is -0.610. The first-order valence-electron chi connectivity index (χ1n) is 10.0. The fourth-order valence-corrected chi connectivity index (χ4v) is 3.26. The second-order valence-electron chi connectivity index (χ2n) is 7.08. The standard InChI is InChI=1S/C19H39N5O2.HI/c1-7-20-19(22(6)15-18(25)23(8-2)9-3)21-14-17(16(4)5)24-10-12-26-13-11-24;/h16-17H,7-15H2,1-6H3,(H,20,21);1H. The smallest absolute Gasteiger partial charge is 0.242 e. The first-order chi connectivity index (χ1) is 12.4. The second-order valence-corrected chi connectivity index (χ2v) is 7.08. The minimum Gasteiger partial charge on any atom is -0.379 e. The fourth-order valence-electron chi connectivity index (χ4n) is 3.26. The Morgan fingerprint density at radius 2 is 1.78 bits per heavy atom. The zero-order valence-electron chi connectivity index (χ0n) is 18.0. The highest BCUT2D eigenvalue weighted by Gasteiger charge is 2.24. The average Bonchev–Trinajstić information content (AvgIpc) is 2.62. The van der Waals surface area contributed by atoms with Gasteiger partial charge in [-0.1, -0.05) is 13.8 Å². The van der Waals surface area contributed by atoms with Crippen LogP contribution in [0.25, 0.3) is 0 Å². The third-order valence-corrected chi connectivity index (χ3v) is 4.90. The van der Waals surface area contributed by atoms with Crippen LogP contribution >= 0.6 is 24.0 Å². The first kappa shape index (κ1) is 26.4. The van der Waals surface area contributed by atoms with E-state index in [-0.39, 0.29) is 29.9 Å². The summed E-state index contributed by atoms with van der Waals surface area (Å²) >= 11 is 0. The average molecular weight is 497 g/mol. The molecule has 0 aromatic heterocycles. The van der Waals surface area contributed by atoms with E-state index in [9.17, 15) is 4.79 Å². The normalized spacial score (nSPS) is 16.6. The molecule has 0 spiro atoms. The maximum atomic E-state index is 12.4. The van der Waals surface area contributed by atoms with Crippen LogP contribution in [0.4, 0.5) is 0 Å². The van der Waals surface area contributed by atoms with E-state index in [1.54, 1.807) is 0 Å². The molecule has 0 aromatic carbocycles. The molecule has 27 heavy (non-hydrogen) atoms. The minimum absolute atomic E-state index is 0. The van der Waals surface area contributed by atoms with Crippen molar-refractivity contribution in [1.29, 1.82) is 0 Å². The van der Waals surface area contributed by atoms with Gasteiger partial charge in [0.1, 0.15) is 0 Å². The minimum atomic E-state index is 0. The third-order valence-electron chi connectivity index (χ3n) is 4.90. The number of hydrogen-bond acceptors (Lipinski definition) is 4. The lowest BCUT2D eigenvalue weighted by atomic mass is 10.0. The van der Waals surface area contributed by atoms with Gasteiger partial charge in [-0.05, 0) is 26.7 Å². The summed E-state index contributed by atoms with van der Waals surface area (Å²) in [7, 11) is 1.93. The molecule has 1 rings (SSSR count). The largest absolute Gasteiger partial charge is 0.379 e. The summed E-state index contributed by atoms with van der Waals surface area (Å²) in [6, 6.07) is 0.388. The Morgan fingerprint density at radius 3 is 2.26 bits per heavy atom. The summed E-state index contributed by atoms with van der Waals surface area (Å²) in [4.78, 5) is 23.5. The maximum Gasteiger partial charge on any atom is 0.242 e. The van der Waals surface area contributed by atoms with Crippen molar-refractivity contribution >= 4 is 35.8 Å². The lowest BCUT2D eigenvalue weighted by Crippen LogP contribution is -2.49. The third kappa shape index (κ3) is 8.95. The number of carbonyl (C=O) groups excluding carboxylic acids is 1. The zero-order valence-corrected chi connectivity index (χ0v) is 20.4. The van der Waals surface area contributed by atoms with E-state index in [1.807, 2.05) is 30.7 Å². The Kier molecular flexibility index (Phi) is 14.1. The Bertz CT molecular complexity index is 438. The summed E-state index contributed by atoms with van der Waals surface area (Å²) in [6.45, 7) is 17.4. The van der Waals surface area contributed by atoms with Crippen molar-refractivity contribution in [3.05, 3.63) is 0 Å². The van der Waals surface area contributed by atoms with E-state index in [0.717, 1.165) is 58.4 Å². The number of nitrogens with one attached hydrogen (secondary N) is 1. The van der Waals surface area contributed by atoms with Gasteiger partial charge >= 0.3 is 0 Å². The van der Waals surface area contributed by atoms with Crippen molar-refractivity contribution in [1.82, 2.24) is 20.0 Å². The van der Waals surface area contributed by atoms with E-state index < -0.39 is 0 Å². The van der Waals surface area contributed by atoms with Gasteiger partial charge in [-0.25, -0.2) is 0 Å². The van der Waals surface area contributed by atoms with Crippen molar-refractivity contribution < 1.29 is 9.53 Å². The Balaban J connectivity index is 0.00000676. The second kappa shape index (κ2) is 14.4. The van der Waals surface area contributed by atoms with Crippen LogP contribution in [0, 0.1) is 5.92 Å². The summed E-state index contributed by atoms with van der Waals surface area (Å²) in [5, 5.41) is 3.32. The van der Waals surface area contributed by atoms with E-state index in [2.05, 4.69) is 31.0 Å². The molecular formula is C19H40IN5O2.